The molecular formula is C22H24N6O. The quantitative estimate of drug-likeness (QED) is 0.497. The normalized spacial score (nSPS) is 15.3. The lowest BCUT2D eigenvalue weighted by Gasteiger charge is -2.30. The molecule has 1 aliphatic heterocycles. The van der Waals surface area contributed by atoms with Gasteiger partial charge in [0, 0.05) is 36.7 Å². The highest BCUT2D eigenvalue weighted by Crippen LogP contribution is 2.23. The van der Waals surface area contributed by atoms with Gasteiger partial charge in [0.1, 0.15) is 17.2 Å². The van der Waals surface area contributed by atoms with Gasteiger partial charge in [-0.15, -0.1) is 0 Å². The van der Waals surface area contributed by atoms with Crippen molar-refractivity contribution in [1.82, 2.24) is 19.9 Å². The molecule has 5 rings (SSSR count). The number of nitrogens with one attached hydrogen (secondary N) is 2. The molecule has 1 aliphatic rings. The van der Waals surface area contributed by atoms with Gasteiger partial charge < -0.3 is 20.3 Å². The van der Waals surface area contributed by atoms with Crippen molar-refractivity contribution >= 4 is 33.7 Å². The van der Waals surface area contributed by atoms with Gasteiger partial charge in [-0.05, 0) is 49.1 Å². The summed E-state index contributed by atoms with van der Waals surface area (Å²) in [6.07, 6.45) is 5.08. The number of aryl methyl sites for hydroxylation is 1. The van der Waals surface area contributed by atoms with Gasteiger partial charge in [-0.2, -0.15) is 0 Å². The van der Waals surface area contributed by atoms with E-state index in [9.17, 15) is 5.11 Å². The van der Waals surface area contributed by atoms with Gasteiger partial charge in [-0.3, -0.25) is 0 Å². The van der Waals surface area contributed by atoms with Crippen LogP contribution in [0.4, 0.5) is 11.6 Å². The summed E-state index contributed by atoms with van der Waals surface area (Å²) in [4.78, 5) is 19.4. The number of aliphatic hydroxyl groups excluding tert-OH is 1. The molecule has 1 aromatic carbocycles. The number of fused-ring (bicyclic) bond motifs is 2. The Balaban J connectivity index is 1.37. The first-order valence-corrected chi connectivity index (χ1v) is 10.0. The number of hydrogen-bond donors (Lipinski definition) is 3. The number of benzene rings is 1. The van der Waals surface area contributed by atoms with Gasteiger partial charge in [-0.1, -0.05) is 12.1 Å². The average molecular weight is 388 g/mol. The fourth-order valence-electron chi connectivity index (χ4n) is 3.95. The first kappa shape index (κ1) is 17.9. The molecule has 3 N–H and O–H groups in total. The van der Waals surface area contributed by atoms with Gasteiger partial charge in [0.25, 0.3) is 0 Å². The molecule has 29 heavy (non-hydrogen) atoms. The van der Waals surface area contributed by atoms with E-state index in [2.05, 4.69) is 50.3 Å². The molecule has 1 saturated heterocycles. The fraction of sp³-hybridized carbons (Fsp3) is 0.318. The van der Waals surface area contributed by atoms with Crippen LogP contribution in [0.2, 0.25) is 0 Å². The summed E-state index contributed by atoms with van der Waals surface area (Å²) in [6.45, 7) is 4.39. The van der Waals surface area contributed by atoms with Crippen LogP contribution in [0.5, 0.6) is 0 Å². The van der Waals surface area contributed by atoms with Crippen LogP contribution >= 0.6 is 0 Å². The summed E-state index contributed by atoms with van der Waals surface area (Å²) in [5, 5.41) is 14.3. The molecule has 4 aromatic rings. The van der Waals surface area contributed by atoms with Crippen molar-refractivity contribution in [3.05, 3.63) is 53.9 Å². The minimum absolute atomic E-state index is 0.199. The number of aliphatic hydroxyl groups is 1. The number of hydrogen-bond acceptors (Lipinski definition) is 6. The molecule has 148 valence electrons. The summed E-state index contributed by atoms with van der Waals surface area (Å²) < 4.78 is 0. The van der Waals surface area contributed by atoms with Crippen molar-refractivity contribution in [2.24, 2.45) is 0 Å². The number of aromatic nitrogens is 4. The zero-order chi connectivity index (χ0) is 19.8. The predicted molar refractivity (Wildman–Crippen MR) is 115 cm³/mol. The Morgan fingerprint density at radius 3 is 2.86 bits per heavy atom. The summed E-state index contributed by atoms with van der Waals surface area (Å²) in [5.74, 6) is 1.60. The summed E-state index contributed by atoms with van der Waals surface area (Å²) in [7, 11) is 0. The SMILES string of the molecule is Cc1ccc(CNc2cnc3ccc(N4CCC(O)CC4)nc3n2)c2cc[nH]c12. The number of pyridine rings is 1. The van der Waals surface area contributed by atoms with Crippen molar-refractivity contribution in [2.45, 2.75) is 32.4 Å². The summed E-state index contributed by atoms with van der Waals surface area (Å²) >= 11 is 0. The zero-order valence-corrected chi connectivity index (χ0v) is 16.4. The van der Waals surface area contributed by atoms with Gasteiger partial charge in [0.05, 0.1) is 12.3 Å². The Labute approximate surface area is 168 Å². The number of rotatable bonds is 4. The third-order valence-corrected chi connectivity index (χ3v) is 5.66. The molecule has 7 heteroatoms. The Morgan fingerprint density at radius 1 is 1.14 bits per heavy atom. The molecule has 0 aliphatic carbocycles. The van der Waals surface area contributed by atoms with E-state index in [0.717, 1.165) is 37.3 Å². The number of piperidine rings is 1. The molecule has 3 aromatic heterocycles. The van der Waals surface area contributed by atoms with Gasteiger partial charge in [-0.25, -0.2) is 15.0 Å². The number of anilines is 2. The molecule has 7 nitrogen and oxygen atoms in total. The topological polar surface area (TPSA) is 90.0 Å². The minimum Gasteiger partial charge on any atom is -0.393 e. The first-order valence-electron chi connectivity index (χ1n) is 10.0. The van der Waals surface area contributed by atoms with E-state index in [0.29, 0.717) is 18.0 Å². The van der Waals surface area contributed by atoms with E-state index in [1.54, 1.807) is 6.20 Å². The number of H-pyrrole nitrogens is 1. The molecular weight excluding hydrogens is 364 g/mol. The first-order chi connectivity index (χ1) is 14.2. The maximum absolute atomic E-state index is 9.72. The van der Waals surface area contributed by atoms with Crippen molar-refractivity contribution in [2.75, 3.05) is 23.3 Å². The van der Waals surface area contributed by atoms with E-state index in [1.807, 2.05) is 18.3 Å². The second-order valence-electron chi connectivity index (χ2n) is 7.65. The highest BCUT2D eigenvalue weighted by molar-refractivity contribution is 5.86. The van der Waals surface area contributed by atoms with Crippen LogP contribution in [0, 0.1) is 6.92 Å². The monoisotopic (exact) mass is 388 g/mol. The molecule has 0 radical (unpaired) electrons. The fourth-order valence-corrected chi connectivity index (χ4v) is 3.95. The van der Waals surface area contributed by atoms with Gasteiger partial charge in [0.2, 0.25) is 0 Å². The van der Waals surface area contributed by atoms with Crippen LogP contribution in [-0.4, -0.2) is 44.2 Å². The standard InChI is InChI=1S/C22H24N6O/c1-14-2-3-15(17-6-9-23-21(14)17)12-25-19-13-24-18-4-5-20(27-22(18)26-19)28-10-7-16(29)8-11-28/h2-6,9,13,16,23,29H,7-8,10-12H2,1H3,(H,25,26,27). The minimum atomic E-state index is -0.199. The summed E-state index contributed by atoms with van der Waals surface area (Å²) in [5.41, 5.74) is 5.03. The van der Waals surface area contributed by atoms with E-state index < -0.39 is 0 Å². The van der Waals surface area contributed by atoms with Crippen LogP contribution in [0.25, 0.3) is 22.1 Å². The third-order valence-electron chi connectivity index (χ3n) is 5.66. The lowest BCUT2D eigenvalue weighted by atomic mass is 10.1. The molecule has 0 bridgehead atoms. The Kier molecular flexibility index (Phi) is 4.52. The van der Waals surface area contributed by atoms with Crippen molar-refractivity contribution < 1.29 is 5.11 Å². The third kappa shape index (κ3) is 3.49. The van der Waals surface area contributed by atoms with Crippen LogP contribution in [0.15, 0.2) is 42.7 Å². The van der Waals surface area contributed by atoms with Crippen molar-refractivity contribution in [3.63, 3.8) is 0 Å². The second-order valence-corrected chi connectivity index (χ2v) is 7.65. The smallest absolute Gasteiger partial charge is 0.182 e. The average Bonchev–Trinajstić information content (AvgIpc) is 3.24. The maximum atomic E-state index is 9.72. The van der Waals surface area contributed by atoms with E-state index in [-0.39, 0.29) is 6.10 Å². The predicted octanol–water partition coefficient (Wildman–Crippen LogP) is 3.39. The Hall–Kier alpha value is -3.19. The van der Waals surface area contributed by atoms with E-state index in [4.69, 9.17) is 4.98 Å². The number of aromatic amines is 1. The molecule has 0 amide bonds. The molecule has 0 unspecified atom stereocenters. The van der Waals surface area contributed by atoms with Crippen LogP contribution in [0.1, 0.15) is 24.0 Å². The second kappa shape index (κ2) is 7.33. The number of nitrogens with zero attached hydrogens (tertiary/aromatic N) is 4. The summed E-state index contributed by atoms with van der Waals surface area (Å²) in [6, 6.07) is 10.3. The van der Waals surface area contributed by atoms with Crippen LogP contribution in [0.3, 0.4) is 0 Å². The Morgan fingerprint density at radius 2 is 2.00 bits per heavy atom. The highest BCUT2D eigenvalue weighted by atomic mass is 16.3. The molecule has 0 atom stereocenters. The van der Waals surface area contributed by atoms with Crippen LogP contribution < -0.4 is 10.2 Å². The molecule has 4 heterocycles. The Bertz CT molecular complexity index is 1160. The van der Waals surface area contributed by atoms with Gasteiger partial charge in [0.15, 0.2) is 5.65 Å². The maximum Gasteiger partial charge on any atom is 0.182 e. The van der Waals surface area contributed by atoms with Crippen molar-refractivity contribution in [3.8, 4) is 0 Å². The zero-order valence-electron chi connectivity index (χ0n) is 16.4. The molecule has 1 fully saturated rings. The largest absolute Gasteiger partial charge is 0.393 e. The molecule has 0 spiro atoms. The van der Waals surface area contributed by atoms with Gasteiger partial charge >= 0.3 is 0 Å². The lowest BCUT2D eigenvalue weighted by molar-refractivity contribution is 0.145. The lowest BCUT2D eigenvalue weighted by Crippen LogP contribution is -2.36. The van der Waals surface area contributed by atoms with Crippen LogP contribution in [-0.2, 0) is 6.54 Å². The van der Waals surface area contributed by atoms with E-state index >= 15 is 0 Å². The van der Waals surface area contributed by atoms with E-state index in [1.165, 1.54) is 22.0 Å². The molecule has 0 saturated carbocycles. The highest BCUT2D eigenvalue weighted by Gasteiger charge is 2.18. The van der Waals surface area contributed by atoms with Crippen molar-refractivity contribution in [1.29, 1.82) is 0 Å².